The monoisotopic (exact) mass is 232 g/mol. The standard InChI is InChI=1S/C9H16N2O3S/c1-7(2)11-5-9(4-8(11)6-12)15(13,14)10-3/h4-5,7,10,12H,6H2,1-3H3. The minimum atomic E-state index is -3.43. The Labute approximate surface area is 89.8 Å². The van der Waals surface area contributed by atoms with Gasteiger partial charge in [-0.25, -0.2) is 13.1 Å². The van der Waals surface area contributed by atoms with Crippen molar-refractivity contribution in [3.8, 4) is 0 Å². The minimum absolute atomic E-state index is 0.118. The molecule has 0 bridgehead atoms. The Morgan fingerprint density at radius 1 is 1.53 bits per heavy atom. The van der Waals surface area contributed by atoms with E-state index >= 15 is 0 Å². The predicted molar refractivity (Wildman–Crippen MR) is 57.0 cm³/mol. The van der Waals surface area contributed by atoms with Crippen LogP contribution in [0, 0.1) is 0 Å². The van der Waals surface area contributed by atoms with Gasteiger partial charge in [-0.05, 0) is 27.0 Å². The van der Waals surface area contributed by atoms with Gasteiger partial charge in [0.2, 0.25) is 10.0 Å². The number of hydrogen-bond acceptors (Lipinski definition) is 3. The van der Waals surface area contributed by atoms with Crippen LogP contribution in [0.4, 0.5) is 0 Å². The lowest BCUT2D eigenvalue weighted by molar-refractivity contribution is 0.268. The van der Waals surface area contributed by atoms with E-state index in [-0.39, 0.29) is 17.5 Å². The molecule has 0 spiro atoms. The quantitative estimate of drug-likeness (QED) is 0.792. The SMILES string of the molecule is CNS(=O)(=O)c1cc(CO)n(C(C)C)c1. The van der Waals surface area contributed by atoms with Crippen LogP contribution in [-0.2, 0) is 16.6 Å². The van der Waals surface area contributed by atoms with Crippen molar-refractivity contribution in [2.45, 2.75) is 31.4 Å². The number of aliphatic hydroxyl groups excluding tert-OH is 1. The Morgan fingerprint density at radius 3 is 2.47 bits per heavy atom. The van der Waals surface area contributed by atoms with Crippen LogP contribution in [0.15, 0.2) is 17.2 Å². The molecule has 1 aromatic heterocycles. The molecule has 0 saturated carbocycles. The molecule has 0 aliphatic heterocycles. The van der Waals surface area contributed by atoms with Gasteiger partial charge >= 0.3 is 0 Å². The number of nitrogens with one attached hydrogen (secondary N) is 1. The summed E-state index contributed by atoms with van der Waals surface area (Å²) in [5, 5.41) is 9.08. The van der Waals surface area contributed by atoms with Crippen molar-refractivity contribution in [3.05, 3.63) is 18.0 Å². The second kappa shape index (κ2) is 4.34. The maximum absolute atomic E-state index is 11.5. The van der Waals surface area contributed by atoms with Crippen LogP contribution in [0.5, 0.6) is 0 Å². The topological polar surface area (TPSA) is 71.3 Å². The first-order chi connectivity index (χ1) is 6.92. The highest BCUT2D eigenvalue weighted by atomic mass is 32.2. The molecule has 0 fully saturated rings. The van der Waals surface area contributed by atoms with Crippen LogP contribution in [0.2, 0.25) is 0 Å². The van der Waals surface area contributed by atoms with Gasteiger partial charge in [0.15, 0.2) is 0 Å². The molecule has 6 heteroatoms. The molecular weight excluding hydrogens is 216 g/mol. The van der Waals surface area contributed by atoms with E-state index < -0.39 is 10.0 Å². The molecule has 0 atom stereocenters. The summed E-state index contributed by atoms with van der Waals surface area (Å²) < 4.78 is 27.0. The minimum Gasteiger partial charge on any atom is -0.390 e. The van der Waals surface area contributed by atoms with Crippen molar-refractivity contribution in [2.75, 3.05) is 7.05 Å². The van der Waals surface area contributed by atoms with Gasteiger partial charge in [0.05, 0.1) is 11.5 Å². The van der Waals surface area contributed by atoms with E-state index in [0.29, 0.717) is 5.69 Å². The van der Waals surface area contributed by atoms with E-state index in [4.69, 9.17) is 5.11 Å². The van der Waals surface area contributed by atoms with Crippen molar-refractivity contribution in [1.29, 1.82) is 0 Å². The first-order valence-corrected chi connectivity index (χ1v) is 6.16. The van der Waals surface area contributed by atoms with Gasteiger partial charge in [-0.2, -0.15) is 0 Å². The van der Waals surface area contributed by atoms with Gasteiger partial charge in [0, 0.05) is 17.9 Å². The average molecular weight is 232 g/mol. The van der Waals surface area contributed by atoms with Gasteiger partial charge in [-0.3, -0.25) is 0 Å². The second-order valence-electron chi connectivity index (χ2n) is 3.53. The molecule has 1 rings (SSSR count). The third-order valence-corrected chi connectivity index (χ3v) is 3.59. The summed E-state index contributed by atoms with van der Waals surface area (Å²) in [7, 11) is -2.06. The fourth-order valence-electron chi connectivity index (χ4n) is 1.37. The Morgan fingerprint density at radius 2 is 2.13 bits per heavy atom. The third kappa shape index (κ3) is 2.39. The molecule has 86 valence electrons. The third-order valence-electron chi connectivity index (χ3n) is 2.20. The normalized spacial score (nSPS) is 12.3. The summed E-state index contributed by atoms with van der Waals surface area (Å²) in [6.07, 6.45) is 1.53. The molecule has 0 radical (unpaired) electrons. The van der Waals surface area contributed by atoms with Crippen molar-refractivity contribution >= 4 is 10.0 Å². The van der Waals surface area contributed by atoms with Crippen molar-refractivity contribution in [2.24, 2.45) is 0 Å². The number of nitrogens with zero attached hydrogens (tertiary/aromatic N) is 1. The first-order valence-electron chi connectivity index (χ1n) is 4.67. The molecule has 0 saturated heterocycles. The second-order valence-corrected chi connectivity index (χ2v) is 5.42. The maximum atomic E-state index is 11.5. The highest BCUT2D eigenvalue weighted by molar-refractivity contribution is 7.89. The summed E-state index contributed by atoms with van der Waals surface area (Å²) >= 11 is 0. The molecule has 0 aliphatic rings. The Bertz CT molecular complexity index is 434. The van der Waals surface area contributed by atoms with Crippen LogP contribution in [0.25, 0.3) is 0 Å². The van der Waals surface area contributed by atoms with Gasteiger partial charge in [-0.15, -0.1) is 0 Å². The zero-order valence-corrected chi connectivity index (χ0v) is 9.87. The van der Waals surface area contributed by atoms with E-state index in [1.807, 2.05) is 13.8 Å². The molecule has 1 heterocycles. The van der Waals surface area contributed by atoms with Crippen molar-refractivity contribution < 1.29 is 13.5 Å². The zero-order chi connectivity index (χ0) is 11.6. The number of hydrogen-bond donors (Lipinski definition) is 2. The van der Waals surface area contributed by atoms with Crippen molar-refractivity contribution in [3.63, 3.8) is 0 Å². The lowest BCUT2D eigenvalue weighted by atomic mass is 10.3. The van der Waals surface area contributed by atoms with Crippen LogP contribution < -0.4 is 4.72 Å². The summed E-state index contributed by atoms with van der Waals surface area (Å²) in [4.78, 5) is 0.183. The molecule has 2 N–H and O–H groups in total. The van der Waals surface area contributed by atoms with Gasteiger partial charge in [0.1, 0.15) is 0 Å². The largest absolute Gasteiger partial charge is 0.390 e. The van der Waals surface area contributed by atoms with Crippen molar-refractivity contribution in [1.82, 2.24) is 9.29 Å². The fraction of sp³-hybridized carbons (Fsp3) is 0.556. The number of sulfonamides is 1. The van der Waals surface area contributed by atoms with Gasteiger partial charge < -0.3 is 9.67 Å². The highest BCUT2D eigenvalue weighted by Crippen LogP contribution is 2.18. The van der Waals surface area contributed by atoms with Gasteiger partial charge in [0.25, 0.3) is 0 Å². The smallest absolute Gasteiger partial charge is 0.241 e. The molecule has 0 unspecified atom stereocenters. The molecule has 15 heavy (non-hydrogen) atoms. The van der Waals surface area contributed by atoms with E-state index in [2.05, 4.69) is 4.72 Å². The Balaban J connectivity index is 3.26. The lowest BCUT2D eigenvalue weighted by Gasteiger charge is -2.10. The van der Waals surface area contributed by atoms with E-state index in [0.717, 1.165) is 0 Å². The summed E-state index contributed by atoms with van der Waals surface area (Å²) in [6.45, 7) is 3.68. The number of aromatic nitrogens is 1. The van der Waals surface area contributed by atoms with E-state index in [9.17, 15) is 8.42 Å². The van der Waals surface area contributed by atoms with Crippen LogP contribution in [0.3, 0.4) is 0 Å². The summed E-state index contributed by atoms with van der Waals surface area (Å²) in [5.74, 6) is 0. The van der Waals surface area contributed by atoms with E-state index in [1.54, 1.807) is 4.57 Å². The molecule has 0 aliphatic carbocycles. The van der Waals surface area contributed by atoms with Gasteiger partial charge in [-0.1, -0.05) is 0 Å². The average Bonchev–Trinajstić information content (AvgIpc) is 2.62. The van der Waals surface area contributed by atoms with Crippen LogP contribution in [-0.4, -0.2) is 25.1 Å². The summed E-state index contributed by atoms with van der Waals surface area (Å²) in [5.41, 5.74) is 0.596. The van der Waals surface area contributed by atoms with Crippen LogP contribution >= 0.6 is 0 Å². The molecular formula is C9H16N2O3S. The van der Waals surface area contributed by atoms with E-state index in [1.165, 1.54) is 19.3 Å². The maximum Gasteiger partial charge on any atom is 0.241 e. The predicted octanol–water partition coefficient (Wildman–Crippen LogP) is 0.469. The molecule has 0 amide bonds. The lowest BCUT2D eigenvalue weighted by Crippen LogP contribution is -2.17. The van der Waals surface area contributed by atoms with Crippen LogP contribution in [0.1, 0.15) is 25.6 Å². The number of rotatable bonds is 4. The number of aliphatic hydroxyl groups is 1. The molecule has 1 aromatic rings. The highest BCUT2D eigenvalue weighted by Gasteiger charge is 2.17. The first kappa shape index (κ1) is 12.2. The molecule has 5 nitrogen and oxygen atoms in total. The Kier molecular flexibility index (Phi) is 3.54. The fourth-order valence-corrected chi connectivity index (χ4v) is 2.15. The summed E-state index contributed by atoms with van der Waals surface area (Å²) in [6, 6.07) is 1.60. The Hall–Kier alpha value is -0.850. The molecule has 0 aromatic carbocycles. The zero-order valence-electron chi connectivity index (χ0n) is 9.06.